The molecule has 1 amide bonds. The molecule has 0 aliphatic carbocycles. The maximum Gasteiger partial charge on any atom is 0.257 e. The third-order valence-corrected chi connectivity index (χ3v) is 3.14. The molecule has 0 bridgehead atoms. The van der Waals surface area contributed by atoms with E-state index in [0.717, 1.165) is 0 Å². The Morgan fingerprint density at radius 1 is 1.09 bits per heavy atom. The fraction of sp³-hybridized carbons (Fsp3) is 0.0625. The number of thiocarbonyl (C=S) groups is 1. The fourth-order valence-electron chi connectivity index (χ4n) is 1.80. The van der Waals surface area contributed by atoms with Crippen LogP contribution < -0.4 is 20.5 Å². The van der Waals surface area contributed by atoms with Gasteiger partial charge in [-0.15, -0.1) is 0 Å². The average molecular weight is 329 g/mol. The van der Waals surface area contributed by atoms with E-state index in [1.54, 1.807) is 36.4 Å². The molecule has 2 N–H and O–H groups in total. The van der Waals surface area contributed by atoms with Crippen molar-refractivity contribution < 1.29 is 19.4 Å². The van der Waals surface area contributed by atoms with Gasteiger partial charge in [0.2, 0.25) is 0 Å². The third-order valence-electron chi connectivity index (χ3n) is 2.94. The number of hydrogen-bond acceptors (Lipinski definition) is 5. The summed E-state index contributed by atoms with van der Waals surface area (Å²) in [5.74, 6) is -1.04. The van der Waals surface area contributed by atoms with Gasteiger partial charge in [-0.25, -0.2) is 0 Å². The van der Waals surface area contributed by atoms with Crippen molar-refractivity contribution in [3.63, 3.8) is 0 Å². The lowest BCUT2D eigenvalue weighted by molar-refractivity contribution is -0.255. The van der Waals surface area contributed by atoms with Gasteiger partial charge < -0.3 is 20.0 Å². The number of carbonyl (C=O) groups excluding carboxylic acids is 2. The minimum atomic E-state index is -1.29. The van der Waals surface area contributed by atoms with Crippen LogP contribution in [-0.4, -0.2) is 24.1 Å². The number of nitrogens with one attached hydrogen (secondary N) is 2. The average Bonchev–Trinajstić information content (AvgIpc) is 2.55. The van der Waals surface area contributed by atoms with Gasteiger partial charge in [0, 0.05) is 11.3 Å². The molecule has 0 unspecified atom stereocenters. The number of anilines is 1. The zero-order chi connectivity index (χ0) is 16.8. The Balaban J connectivity index is 1.99. The number of ether oxygens (including phenoxy) is 1. The molecule has 0 spiro atoms. The lowest BCUT2D eigenvalue weighted by Crippen LogP contribution is -2.34. The first-order chi connectivity index (χ1) is 11.0. The van der Waals surface area contributed by atoms with Gasteiger partial charge in [0.25, 0.3) is 5.91 Å². The number of benzene rings is 2. The van der Waals surface area contributed by atoms with Gasteiger partial charge in [-0.3, -0.25) is 10.1 Å². The number of carboxylic acid groups (broad SMARTS) is 1. The van der Waals surface area contributed by atoms with Crippen LogP contribution in [0.25, 0.3) is 0 Å². The van der Waals surface area contributed by atoms with Gasteiger partial charge in [-0.05, 0) is 54.2 Å². The van der Waals surface area contributed by atoms with Gasteiger partial charge in [-0.1, -0.05) is 12.1 Å². The lowest BCUT2D eigenvalue weighted by atomic mass is 10.2. The third kappa shape index (κ3) is 4.52. The molecule has 0 fully saturated rings. The summed E-state index contributed by atoms with van der Waals surface area (Å²) in [6.07, 6.45) is 0. The summed E-state index contributed by atoms with van der Waals surface area (Å²) in [7, 11) is 1.54. The molecule has 7 heteroatoms. The predicted molar refractivity (Wildman–Crippen MR) is 87.5 cm³/mol. The summed E-state index contributed by atoms with van der Waals surface area (Å²) in [5, 5.41) is 16.1. The molecule has 2 rings (SSSR count). The van der Waals surface area contributed by atoms with Gasteiger partial charge in [-0.2, -0.15) is 0 Å². The minimum absolute atomic E-state index is 0.0132. The number of carbonyl (C=O) groups is 2. The van der Waals surface area contributed by atoms with E-state index in [4.69, 9.17) is 17.0 Å². The molecule has 118 valence electrons. The highest BCUT2D eigenvalue weighted by molar-refractivity contribution is 7.80. The van der Waals surface area contributed by atoms with E-state index in [1.165, 1.54) is 19.2 Å². The fourth-order valence-corrected chi connectivity index (χ4v) is 2.01. The second-order valence-corrected chi connectivity index (χ2v) is 4.91. The monoisotopic (exact) mass is 329 g/mol. The largest absolute Gasteiger partial charge is 0.545 e. The van der Waals surface area contributed by atoms with E-state index in [2.05, 4.69) is 10.6 Å². The normalized spacial score (nSPS) is 9.78. The van der Waals surface area contributed by atoms with E-state index in [1.807, 2.05) is 0 Å². The first-order valence-electron chi connectivity index (χ1n) is 6.57. The number of rotatable bonds is 4. The smallest absolute Gasteiger partial charge is 0.257 e. The summed E-state index contributed by atoms with van der Waals surface area (Å²) in [5.41, 5.74) is 0.865. The summed E-state index contributed by atoms with van der Waals surface area (Å²) < 4.78 is 5.02. The number of hydrogen-bond donors (Lipinski definition) is 2. The van der Waals surface area contributed by atoms with Crippen molar-refractivity contribution >= 4 is 34.9 Å². The molecule has 2 aromatic rings. The van der Waals surface area contributed by atoms with Crippen molar-refractivity contribution in [3.8, 4) is 5.75 Å². The highest BCUT2D eigenvalue weighted by Gasteiger charge is 2.08. The first kappa shape index (κ1) is 16.4. The molecule has 0 radical (unpaired) electrons. The maximum absolute atomic E-state index is 12.0. The van der Waals surface area contributed by atoms with Crippen LogP contribution in [0.1, 0.15) is 20.7 Å². The number of aromatic carboxylic acids is 1. The van der Waals surface area contributed by atoms with Crippen molar-refractivity contribution in [3.05, 3.63) is 59.7 Å². The molecule has 0 heterocycles. The van der Waals surface area contributed by atoms with Crippen molar-refractivity contribution in [1.82, 2.24) is 5.32 Å². The van der Waals surface area contributed by atoms with Gasteiger partial charge >= 0.3 is 0 Å². The standard InChI is InChI=1S/C16H14N2O4S/c1-22-13-7-5-10(6-8-13)14(19)18-16(23)17-12-4-2-3-11(9-12)15(20)21/h2-9H,1H3,(H,20,21)(H2,17,18,19,23)/p-1. The SMILES string of the molecule is COc1ccc(C(=O)NC(=S)Nc2cccc(C(=O)[O-])c2)cc1. The van der Waals surface area contributed by atoms with Crippen molar-refractivity contribution in [2.75, 3.05) is 12.4 Å². The summed E-state index contributed by atoms with van der Waals surface area (Å²) in [6.45, 7) is 0. The van der Waals surface area contributed by atoms with E-state index < -0.39 is 5.97 Å². The zero-order valence-electron chi connectivity index (χ0n) is 12.2. The molecule has 2 aromatic carbocycles. The summed E-state index contributed by atoms with van der Waals surface area (Å²) >= 11 is 5.04. The first-order valence-corrected chi connectivity index (χ1v) is 6.98. The summed E-state index contributed by atoms with van der Waals surface area (Å²) in [6, 6.07) is 12.5. The van der Waals surface area contributed by atoms with Crippen molar-refractivity contribution in [1.29, 1.82) is 0 Å². The molecular formula is C16H13N2O4S-. The Morgan fingerprint density at radius 2 is 1.78 bits per heavy atom. The van der Waals surface area contributed by atoms with Gasteiger partial charge in [0.1, 0.15) is 5.75 Å². The molecule has 23 heavy (non-hydrogen) atoms. The van der Waals surface area contributed by atoms with E-state index >= 15 is 0 Å². The number of methoxy groups -OCH3 is 1. The van der Waals surface area contributed by atoms with Gasteiger partial charge in [0.15, 0.2) is 5.11 Å². The van der Waals surface area contributed by atoms with Crippen LogP contribution in [0.4, 0.5) is 5.69 Å². The Bertz CT molecular complexity index is 744. The molecule has 0 aromatic heterocycles. The second-order valence-electron chi connectivity index (χ2n) is 4.51. The Kier molecular flexibility index (Phi) is 5.27. The molecule has 0 saturated carbocycles. The van der Waals surface area contributed by atoms with E-state index in [0.29, 0.717) is 17.0 Å². The van der Waals surface area contributed by atoms with Crippen LogP contribution in [0.5, 0.6) is 5.75 Å². The van der Waals surface area contributed by atoms with E-state index in [9.17, 15) is 14.7 Å². The highest BCUT2D eigenvalue weighted by atomic mass is 32.1. The molecule has 0 atom stereocenters. The predicted octanol–water partition coefficient (Wildman–Crippen LogP) is 1.19. The zero-order valence-corrected chi connectivity index (χ0v) is 13.0. The minimum Gasteiger partial charge on any atom is -0.545 e. The Morgan fingerprint density at radius 3 is 2.39 bits per heavy atom. The molecule has 6 nitrogen and oxygen atoms in total. The number of amides is 1. The van der Waals surface area contributed by atoms with Crippen LogP contribution in [0.3, 0.4) is 0 Å². The molecule has 0 aliphatic heterocycles. The number of carboxylic acids is 1. The van der Waals surface area contributed by atoms with E-state index in [-0.39, 0.29) is 16.6 Å². The van der Waals surface area contributed by atoms with Crippen molar-refractivity contribution in [2.45, 2.75) is 0 Å². The molecule has 0 aliphatic rings. The van der Waals surface area contributed by atoms with Crippen LogP contribution in [0, 0.1) is 0 Å². The molecule has 0 saturated heterocycles. The van der Waals surface area contributed by atoms with Crippen molar-refractivity contribution in [2.24, 2.45) is 0 Å². The Labute approximate surface area is 138 Å². The topological polar surface area (TPSA) is 90.5 Å². The summed E-state index contributed by atoms with van der Waals surface area (Å²) in [4.78, 5) is 22.8. The quantitative estimate of drug-likeness (QED) is 0.819. The lowest BCUT2D eigenvalue weighted by Gasteiger charge is -2.11. The highest BCUT2D eigenvalue weighted by Crippen LogP contribution is 2.12. The molecular weight excluding hydrogens is 316 g/mol. The van der Waals surface area contributed by atoms with Gasteiger partial charge in [0.05, 0.1) is 13.1 Å². The second kappa shape index (κ2) is 7.37. The Hall–Kier alpha value is -2.93. The van der Waals surface area contributed by atoms with Crippen LogP contribution in [0.2, 0.25) is 0 Å². The van der Waals surface area contributed by atoms with Crippen LogP contribution >= 0.6 is 12.2 Å². The van der Waals surface area contributed by atoms with Crippen LogP contribution in [-0.2, 0) is 0 Å². The maximum atomic E-state index is 12.0. The van der Waals surface area contributed by atoms with Crippen LogP contribution in [0.15, 0.2) is 48.5 Å².